The maximum Gasteiger partial charge on any atom is 0.257 e. The molecule has 0 saturated carbocycles. The fourth-order valence-electron chi connectivity index (χ4n) is 1.65. The van der Waals surface area contributed by atoms with Crippen LogP contribution in [0.25, 0.3) is 0 Å². The topological polar surface area (TPSA) is 38.8 Å². The van der Waals surface area contributed by atoms with Gasteiger partial charge >= 0.3 is 0 Å². The molecular weight excluding hydrogens is 310 g/mol. The summed E-state index contributed by atoms with van der Waals surface area (Å²) >= 11 is 3.35. The van der Waals surface area contributed by atoms with Gasteiger partial charge in [0.15, 0.2) is 0 Å². The molecule has 0 heterocycles. The van der Waals surface area contributed by atoms with Gasteiger partial charge in [-0.2, -0.15) is 0 Å². The summed E-state index contributed by atoms with van der Waals surface area (Å²) in [4.78, 5) is 14.1. The van der Waals surface area contributed by atoms with Gasteiger partial charge < -0.3 is 14.4 Å². The molecule has 5 heteroatoms. The standard InChI is InChI=1S/C14H18BrNO3/c1-4-7-16(8-9-18-2)14(17)12-6-5-11(15)10-13(12)19-3/h4-6,10H,1,7-9H2,2-3H3. The lowest BCUT2D eigenvalue weighted by Gasteiger charge is -2.21. The number of hydrogen-bond acceptors (Lipinski definition) is 3. The van der Waals surface area contributed by atoms with E-state index in [4.69, 9.17) is 9.47 Å². The smallest absolute Gasteiger partial charge is 0.257 e. The van der Waals surface area contributed by atoms with Crippen LogP contribution in [0.2, 0.25) is 0 Å². The lowest BCUT2D eigenvalue weighted by molar-refractivity contribution is 0.0715. The van der Waals surface area contributed by atoms with Crippen LogP contribution >= 0.6 is 15.9 Å². The van der Waals surface area contributed by atoms with Crippen LogP contribution in [-0.4, -0.2) is 44.7 Å². The zero-order chi connectivity index (χ0) is 14.3. The predicted octanol–water partition coefficient (Wildman–Crippen LogP) is 2.73. The van der Waals surface area contributed by atoms with Crippen molar-refractivity contribution in [3.8, 4) is 5.75 Å². The summed E-state index contributed by atoms with van der Waals surface area (Å²) in [6, 6.07) is 5.34. The average molecular weight is 328 g/mol. The van der Waals surface area contributed by atoms with Gasteiger partial charge in [0, 0.05) is 24.7 Å². The average Bonchev–Trinajstić information content (AvgIpc) is 2.42. The van der Waals surface area contributed by atoms with Crippen molar-refractivity contribution in [3.63, 3.8) is 0 Å². The van der Waals surface area contributed by atoms with Crippen molar-refractivity contribution < 1.29 is 14.3 Å². The fourth-order valence-corrected chi connectivity index (χ4v) is 1.99. The molecule has 0 saturated heterocycles. The molecule has 104 valence electrons. The molecule has 0 spiro atoms. The van der Waals surface area contributed by atoms with E-state index in [1.807, 2.05) is 6.07 Å². The molecule has 1 amide bonds. The van der Waals surface area contributed by atoms with Crippen LogP contribution in [0.1, 0.15) is 10.4 Å². The van der Waals surface area contributed by atoms with Crippen LogP contribution in [0.5, 0.6) is 5.75 Å². The molecule has 0 unspecified atom stereocenters. The number of hydrogen-bond donors (Lipinski definition) is 0. The molecule has 19 heavy (non-hydrogen) atoms. The van der Waals surface area contributed by atoms with E-state index in [-0.39, 0.29) is 5.91 Å². The first-order valence-corrected chi connectivity index (χ1v) is 6.66. The van der Waals surface area contributed by atoms with E-state index in [2.05, 4.69) is 22.5 Å². The first-order chi connectivity index (χ1) is 9.13. The van der Waals surface area contributed by atoms with E-state index in [0.717, 1.165) is 4.47 Å². The Balaban J connectivity index is 2.97. The highest BCUT2D eigenvalue weighted by Crippen LogP contribution is 2.24. The van der Waals surface area contributed by atoms with Crippen molar-refractivity contribution in [2.45, 2.75) is 0 Å². The van der Waals surface area contributed by atoms with Gasteiger partial charge in [0.05, 0.1) is 19.3 Å². The summed E-state index contributed by atoms with van der Waals surface area (Å²) in [5, 5.41) is 0. The van der Waals surface area contributed by atoms with E-state index in [0.29, 0.717) is 31.0 Å². The number of carbonyl (C=O) groups is 1. The van der Waals surface area contributed by atoms with Gasteiger partial charge in [0.25, 0.3) is 5.91 Å². The van der Waals surface area contributed by atoms with Gasteiger partial charge in [-0.15, -0.1) is 6.58 Å². The van der Waals surface area contributed by atoms with Gasteiger partial charge in [0.2, 0.25) is 0 Å². The van der Waals surface area contributed by atoms with Crippen molar-refractivity contribution in [3.05, 3.63) is 40.9 Å². The second-order valence-electron chi connectivity index (χ2n) is 3.88. The number of carbonyl (C=O) groups excluding carboxylic acids is 1. The van der Waals surface area contributed by atoms with Gasteiger partial charge in [-0.3, -0.25) is 4.79 Å². The van der Waals surface area contributed by atoms with Crippen molar-refractivity contribution in [1.82, 2.24) is 4.90 Å². The third-order valence-corrected chi connectivity index (χ3v) is 3.09. The van der Waals surface area contributed by atoms with Crippen LogP contribution in [0, 0.1) is 0 Å². The van der Waals surface area contributed by atoms with Crippen LogP contribution in [0.4, 0.5) is 0 Å². The number of benzene rings is 1. The molecule has 0 bridgehead atoms. The van der Waals surface area contributed by atoms with Crippen molar-refractivity contribution in [1.29, 1.82) is 0 Å². The van der Waals surface area contributed by atoms with Crippen molar-refractivity contribution in [2.75, 3.05) is 33.9 Å². The highest BCUT2D eigenvalue weighted by atomic mass is 79.9. The summed E-state index contributed by atoms with van der Waals surface area (Å²) in [6.07, 6.45) is 1.69. The van der Waals surface area contributed by atoms with Gasteiger partial charge in [-0.25, -0.2) is 0 Å². The third-order valence-electron chi connectivity index (χ3n) is 2.60. The zero-order valence-corrected chi connectivity index (χ0v) is 12.8. The Morgan fingerprint density at radius 1 is 1.47 bits per heavy atom. The SMILES string of the molecule is C=CCN(CCOC)C(=O)c1ccc(Br)cc1OC. The molecule has 0 fully saturated rings. The zero-order valence-electron chi connectivity index (χ0n) is 11.2. The fraction of sp³-hybridized carbons (Fsp3) is 0.357. The summed E-state index contributed by atoms with van der Waals surface area (Å²) in [5.74, 6) is 0.451. The molecule has 0 N–H and O–H groups in total. The van der Waals surface area contributed by atoms with Crippen LogP contribution < -0.4 is 4.74 Å². The van der Waals surface area contributed by atoms with E-state index in [9.17, 15) is 4.79 Å². The Hall–Kier alpha value is -1.33. The number of amides is 1. The number of methoxy groups -OCH3 is 2. The Bertz CT molecular complexity index is 448. The highest BCUT2D eigenvalue weighted by Gasteiger charge is 2.18. The maximum absolute atomic E-state index is 12.5. The molecule has 1 aromatic carbocycles. The molecule has 4 nitrogen and oxygen atoms in total. The molecule has 0 aliphatic carbocycles. The molecule has 0 aliphatic rings. The highest BCUT2D eigenvalue weighted by molar-refractivity contribution is 9.10. The molecule has 0 aliphatic heterocycles. The number of halogens is 1. The molecule has 0 radical (unpaired) electrons. The van der Waals surface area contributed by atoms with Gasteiger partial charge in [0.1, 0.15) is 5.75 Å². The van der Waals surface area contributed by atoms with E-state index in [1.165, 1.54) is 0 Å². The minimum absolute atomic E-state index is 0.0960. The number of rotatable bonds is 7. The first kappa shape index (κ1) is 15.7. The largest absolute Gasteiger partial charge is 0.496 e. The first-order valence-electron chi connectivity index (χ1n) is 5.86. The summed E-state index contributed by atoms with van der Waals surface area (Å²) < 4.78 is 11.1. The van der Waals surface area contributed by atoms with Crippen LogP contribution in [0.3, 0.4) is 0 Å². The second kappa shape index (κ2) is 7.96. The number of ether oxygens (including phenoxy) is 2. The molecule has 1 aromatic rings. The monoisotopic (exact) mass is 327 g/mol. The van der Waals surface area contributed by atoms with Crippen molar-refractivity contribution in [2.24, 2.45) is 0 Å². The third kappa shape index (κ3) is 4.36. The van der Waals surface area contributed by atoms with E-state index >= 15 is 0 Å². The lowest BCUT2D eigenvalue weighted by atomic mass is 10.1. The maximum atomic E-state index is 12.5. The van der Waals surface area contributed by atoms with E-state index in [1.54, 1.807) is 37.3 Å². The molecule has 0 aromatic heterocycles. The quantitative estimate of drug-likeness (QED) is 0.723. The molecule has 1 rings (SSSR count). The Labute approximate surface area is 122 Å². The van der Waals surface area contributed by atoms with Gasteiger partial charge in [-0.05, 0) is 18.2 Å². The van der Waals surface area contributed by atoms with Crippen molar-refractivity contribution >= 4 is 21.8 Å². The van der Waals surface area contributed by atoms with Crippen LogP contribution in [0.15, 0.2) is 35.3 Å². The second-order valence-corrected chi connectivity index (χ2v) is 4.79. The minimum Gasteiger partial charge on any atom is -0.496 e. The predicted molar refractivity (Wildman–Crippen MR) is 78.7 cm³/mol. The van der Waals surface area contributed by atoms with Gasteiger partial charge in [-0.1, -0.05) is 22.0 Å². The summed E-state index contributed by atoms with van der Waals surface area (Å²) in [7, 11) is 3.16. The van der Waals surface area contributed by atoms with E-state index < -0.39 is 0 Å². The Kier molecular flexibility index (Phi) is 6.59. The Morgan fingerprint density at radius 2 is 2.21 bits per heavy atom. The normalized spacial score (nSPS) is 10.1. The molecule has 0 atom stereocenters. The Morgan fingerprint density at radius 3 is 2.79 bits per heavy atom. The van der Waals surface area contributed by atoms with Crippen LogP contribution in [-0.2, 0) is 4.74 Å². The molecular formula is C14H18BrNO3. The summed E-state index contributed by atoms with van der Waals surface area (Å²) in [5.41, 5.74) is 0.531. The minimum atomic E-state index is -0.0960. The number of nitrogens with zero attached hydrogens (tertiary/aromatic N) is 1. The summed E-state index contributed by atoms with van der Waals surface area (Å²) in [6.45, 7) is 5.14. The lowest BCUT2D eigenvalue weighted by Crippen LogP contribution is -2.34.